The number of nitrogens with one attached hydrogen (secondary N) is 2. The third-order valence-corrected chi connectivity index (χ3v) is 4.59. The number of para-hydroxylation sites is 1. The molecular weight excluding hydrogens is 336 g/mol. The topological polar surface area (TPSA) is 57.3 Å². The highest BCUT2D eigenvalue weighted by molar-refractivity contribution is 6.30. The number of aryl methyl sites for hydroxylation is 1. The molecule has 25 heavy (non-hydrogen) atoms. The minimum Gasteiger partial charge on any atom is -0.495 e. The molecule has 5 heteroatoms. The van der Waals surface area contributed by atoms with Gasteiger partial charge in [-0.2, -0.15) is 0 Å². The second-order valence-corrected chi connectivity index (χ2v) is 6.51. The molecule has 0 radical (unpaired) electrons. The van der Waals surface area contributed by atoms with Gasteiger partial charge >= 0.3 is 0 Å². The fourth-order valence-corrected chi connectivity index (χ4v) is 3.23. The Bertz CT molecular complexity index is 831. The van der Waals surface area contributed by atoms with Crippen LogP contribution in [0.2, 0.25) is 5.02 Å². The van der Waals surface area contributed by atoms with E-state index < -0.39 is 6.10 Å². The zero-order valence-electron chi connectivity index (χ0n) is 14.3. The number of aliphatic hydroxyl groups is 1. The van der Waals surface area contributed by atoms with Gasteiger partial charge in [0.15, 0.2) is 0 Å². The molecule has 0 saturated heterocycles. The van der Waals surface area contributed by atoms with Gasteiger partial charge in [0.25, 0.3) is 0 Å². The van der Waals surface area contributed by atoms with Crippen molar-refractivity contribution in [3.8, 4) is 5.75 Å². The van der Waals surface area contributed by atoms with E-state index in [1.165, 1.54) is 10.9 Å². The van der Waals surface area contributed by atoms with Crippen molar-refractivity contribution in [2.75, 3.05) is 20.2 Å². The molecular formula is C20H23ClN2O2. The summed E-state index contributed by atoms with van der Waals surface area (Å²) >= 11 is 5.96. The molecule has 0 aliphatic carbocycles. The van der Waals surface area contributed by atoms with Crippen molar-refractivity contribution in [1.82, 2.24) is 10.3 Å². The van der Waals surface area contributed by atoms with E-state index in [0.29, 0.717) is 11.6 Å². The highest BCUT2D eigenvalue weighted by Gasteiger charge is 2.09. The van der Waals surface area contributed by atoms with E-state index in [0.717, 1.165) is 36.2 Å². The largest absolute Gasteiger partial charge is 0.495 e. The van der Waals surface area contributed by atoms with Crippen LogP contribution in [0.15, 0.2) is 48.7 Å². The fourth-order valence-electron chi connectivity index (χ4n) is 3.04. The van der Waals surface area contributed by atoms with Crippen molar-refractivity contribution < 1.29 is 9.84 Å². The van der Waals surface area contributed by atoms with Crippen molar-refractivity contribution in [3.63, 3.8) is 0 Å². The number of hydrogen-bond donors (Lipinski definition) is 3. The Hall–Kier alpha value is -2.01. The molecule has 0 amide bonds. The predicted molar refractivity (Wildman–Crippen MR) is 102 cm³/mol. The number of ether oxygens (including phenoxy) is 1. The summed E-state index contributed by atoms with van der Waals surface area (Å²) in [6, 6.07) is 13.4. The first-order valence-electron chi connectivity index (χ1n) is 8.46. The third-order valence-electron chi connectivity index (χ3n) is 4.35. The second-order valence-electron chi connectivity index (χ2n) is 6.08. The molecule has 0 bridgehead atoms. The fraction of sp³-hybridized carbons (Fsp3) is 0.300. The smallest absolute Gasteiger partial charge is 0.142 e. The van der Waals surface area contributed by atoms with Gasteiger partial charge in [-0.3, -0.25) is 0 Å². The van der Waals surface area contributed by atoms with Crippen molar-refractivity contribution in [3.05, 3.63) is 64.8 Å². The minimum atomic E-state index is -0.545. The van der Waals surface area contributed by atoms with Crippen LogP contribution >= 0.6 is 11.6 Å². The maximum absolute atomic E-state index is 10.2. The average molecular weight is 359 g/mol. The normalized spacial score (nSPS) is 12.4. The molecule has 132 valence electrons. The molecule has 4 nitrogen and oxygen atoms in total. The summed E-state index contributed by atoms with van der Waals surface area (Å²) in [6.07, 6.45) is 3.46. The monoisotopic (exact) mass is 358 g/mol. The first kappa shape index (κ1) is 17.8. The van der Waals surface area contributed by atoms with Crippen LogP contribution in [0, 0.1) is 0 Å². The van der Waals surface area contributed by atoms with Crippen LogP contribution in [-0.4, -0.2) is 30.3 Å². The molecule has 3 aromatic rings. The Balaban J connectivity index is 1.47. The van der Waals surface area contributed by atoms with E-state index in [1.54, 1.807) is 19.2 Å². The predicted octanol–water partition coefficient (Wildman–Crippen LogP) is 4.09. The Kier molecular flexibility index (Phi) is 5.97. The number of halogens is 1. The zero-order chi connectivity index (χ0) is 17.6. The van der Waals surface area contributed by atoms with Gasteiger partial charge in [-0.05, 0) is 48.7 Å². The maximum Gasteiger partial charge on any atom is 0.142 e. The number of aromatic amines is 1. The van der Waals surface area contributed by atoms with Gasteiger partial charge in [0.1, 0.15) is 5.75 Å². The van der Waals surface area contributed by atoms with E-state index in [1.807, 2.05) is 30.5 Å². The van der Waals surface area contributed by atoms with E-state index >= 15 is 0 Å². The van der Waals surface area contributed by atoms with Gasteiger partial charge in [-0.15, -0.1) is 0 Å². The number of aliphatic hydroxyl groups excluding tert-OH is 1. The number of aromatic nitrogens is 1. The molecule has 1 atom stereocenters. The van der Waals surface area contributed by atoms with Crippen LogP contribution in [-0.2, 0) is 6.42 Å². The van der Waals surface area contributed by atoms with Crippen LogP contribution in [0.25, 0.3) is 10.9 Å². The van der Waals surface area contributed by atoms with Gasteiger partial charge in [0.05, 0.1) is 18.7 Å². The highest BCUT2D eigenvalue weighted by Crippen LogP contribution is 2.27. The minimum absolute atomic E-state index is 0.516. The van der Waals surface area contributed by atoms with Gasteiger partial charge < -0.3 is 20.1 Å². The van der Waals surface area contributed by atoms with Crippen LogP contribution in [0.1, 0.15) is 23.7 Å². The summed E-state index contributed by atoms with van der Waals surface area (Å²) in [7, 11) is 1.68. The van der Waals surface area contributed by atoms with Crippen molar-refractivity contribution in [2.24, 2.45) is 0 Å². The van der Waals surface area contributed by atoms with Crippen LogP contribution in [0.4, 0.5) is 0 Å². The Morgan fingerprint density at radius 1 is 1.24 bits per heavy atom. The lowest BCUT2D eigenvalue weighted by Crippen LogP contribution is -2.22. The Labute approximate surface area is 152 Å². The quantitative estimate of drug-likeness (QED) is 0.532. The summed E-state index contributed by atoms with van der Waals surface area (Å²) in [5, 5.41) is 15.3. The first-order chi connectivity index (χ1) is 12.2. The zero-order valence-corrected chi connectivity index (χ0v) is 15.0. The SMILES string of the molecule is COc1cccc2c(CCCNCC(O)c3cccc(Cl)c3)c[nH]c12. The van der Waals surface area contributed by atoms with E-state index in [-0.39, 0.29) is 0 Å². The standard InChI is InChI=1S/C20H23ClN2O2/c1-25-19-9-3-8-17-15(12-23-20(17)19)6-4-10-22-13-18(24)14-5-2-7-16(21)11-14/h2-3,5,7-9,11-12,18,22-24H,4,6,10,13H2,1H3. The van der Waals surface area contributed by atoms with Crippen LogP contribution in [0.3, 0.4) is 0 Å². The van der Waals surface area contributed by atoms with Gasteiger partial charge in [-0.25, -0.2) is 0 Å². The summed E-state index contributed by atoms with van der Waals surface area (Å²) in [6.45, 7) is 1.36. The molecule has 3 N–H and O–H groups in total. The maximum atomic E-state index is 10.2. The van der Waals surface area contributed by atoms with Gasteiger partial charge in [-0.1, -0.05) is 35.9 Å². The van der Waals surface area contributed by atoms with Crippen molar-refractivity contribution in [1.29, 1.82) is 0 Å². The average Bonchev–Trinajstić information content (AvgIpc) is 3.04. The lowest BCUT2D eigenvalue weighted by Gasteiger charge is -2.12. The third kappa shape index (κ3) is 4.34. The van der Waals surface area contributed by atoms with E-state index in [9.17, 15) is 5.11 Å². The highest BCUT2D eigenvalue weighted by atomic mass is 35.5. The lowest BCUT2D eigenvalue weighted by molar-refractivity contribution is 0.175. The number of benzene rings is 2. The molecule has 3 rings (SSSR count). The Morgan fingerprint density at radius 2 is 2.08 bits per heavy atom. The molecule has 0 fully saturated rings. The van der Waals surface area contributed by atoms with Gasteiger partial charge in [0, 0.05) is 23.2 Å². The molecule has 0 aliphatic rings. The van der Waals surface area contributed by atoms with Crippen molar-refractivity contribution in [2.45, 2.75) is 18.9 Å². The van der Waals surface area contributed by atoms with Gasteiger partial charge in [0.2, 0.25) is 0 Å². The molecule has 0 aliphatic heterocycles. The van der Waals surface area contributed by atoms with Crippen LogP contribution in [0.5, 0.6) is 5.75 Å². The number of hydrogen-bond acceptors (Lipinski definition) is 3. The molecule has 1 heterocycles. The lowest BCUT2D eigenvalue weighted by atomic mass is 10.1. The Morgan fingerprint density at radius 3 is 2.88 bits per heavy atom. The summed E-state index contributed by atoms with van der Waals surface area (Å²) in [5.41, 5.74) is 3.17. The molecule has 2 aromatic carbocycles. The van der Waals surface area contributed by atoms with E-state index in [2.05, 4.69) is 16.4 Å². The number of methoxy groups -OCH3 is 1. The van der Waals surface area contributed by atoms with E-state index in [4.69, 9.17) is 16.3 Å². The summed E-state index contributed by atoms with van der Waals surface area (Å²) in [5.74, 6) is 0.867. The molecule has 0 saturated carbocycles. The molecule has 1 aromatic heterocycles. The number of H-pyrrole nitrogens is 1. The molecule has 1 unspecified atom stereocenters. The summed E-state index contributed by atoms with van der Waals surface area (Å²) in [4.78, 5) is 3.30. The van der Waals surface area contributed by atoms with Crippen LogP contribution < -0.4 is 10.1 Å². The summed E-state index contributed by atoms with van der Waals surface area (Å²) < 4.78 is 5.38. The second kappa shape index (κ2) is 8.39. The molecule has 0 spiro atoms. The number of rotatable bonds is 8. The number of fused-ring (bicyclic) bond motifs is 1. The van der Waals surface area contributed by atoms with Crippen molar-refractivity contribution >= 4 is 22.5 Å². The first-order valence-corrected chi connectivity index (χ1v) is 8.84.